The summed E-state index contributed by atoms with van der Waals surface area (Å²) in [5.74, 6) is 0.514. The van der Waals surface area contributed by atoms with Gasteiger partial charge in [0.25, 0.3) is 11.8 Å². The molecule has 0 aliphatic carbocycles. The van der Waals surface area contributed by atoms with E-state index in [2.05, 4.69) is 23.1 Å². The van der Waals surface area contributed by atoms with Gasteiger partial charge in [0.05, 0.1) is 12.2 Å². The van der Waals surface area contributed by atoms with Crippen LogP contribution in [0.5, 0.6) is 11.5 Å². The summed E-state index contributed by atoms with van der Waals surface area (Å²) in [7, 11) is 0. The lowest BCUT2D eigenvalue weighted by Crippen LogP contribution is -2.49. The van der Waals surface area contributed by atoms with Crippen molar-refractivity contribution in [3.63, 3.8) is 0 Å². The van der Waals surface area contributed by atoms with Crippen LogP contribution in [0.3, 0.4) is 0 Å². The largest absolute Gasteiger partial charge is 0.492 e. The van der Waals surface area contributed by atoms with Crippen LogP contribution in [0, 0.1) is 5.92 Å². The van der Waals surface area contributed by atoms with E-state index in [1.165, 1.54) is 5.56 Å². The summed E-state index contributed by atoms with van der Waals surface area (Å²) in [6.45, 7) is 6.40. The summed E-state index contributed by atoms with van der Waals surface area (Å²) in [5.41, 5.74) is 6.41. The van der Waals surface area contributed by atoms with Gasteiger partial charge >= 0.3 is 0 Å². The van der Waals surface area contributed by atoms with Crippen molar-refractivity contribution in [1.82, 2.24) is 16.2 Å². The summed E-state index contributed by atoms with van der Waals surface area (Å²) in [5, 5.41) is 2.47. The lowest BCUT2D eigenvalue weighted by atomic mass is 10.2. The molecule has 0 aliphatic heterocycles. The van der Waals surface area contributed by atoms with Crippen molar-refractivity contribution in [2.75, 3.05) is 13.2 Å². The number of rotatable bonds is 8. The lowest BCUT2D eigenvalue weighted by molar-refractivity contribution is -0.123. The third kappa shape index (κ3) is 7.71. The maximum Gasteiger partial charge on any atom is 0.276 e. The minimum atomic E-state index is -0.438. The first-order valence-electron chi connectivity index (χ1n) is 9.72. The first-order valence-corrected chi connectivity index (χ1v) is 10.1. The molecule has 0 radical (unpaired) electrons. The molecule has 0 bridgehead atoms. The number of nitrogens with one attached hydrogen (secondary N) is 3. The van der Waals surface area contributed by atoms with Gasteiger partial charge in [0.1, 0.15) is 11.5 Å². The Labute approximate surface area is 182 Å². The highest BCUT2D eigenvalue weighted by Gasteiger charge is 2.14. The second-order valence-corrected chi connectivity index (χ2v) is 7.35. The van der Waals surface area contributed by atoms with Crippen LogP contribution in [-0.4, -0.2) is 30.1 Å². The molecule has 2 aromatic carbocycles. The van der Waals surface area contributed by atoms with Crippen LogP contribution in [0.2, 0.25) is 0 Å². The van der Waals surface area contributed by atoms with Crippen molar-refractivity contribution in [3.05, 3.63) is 59.7 Å². The number of benzene rings is 2. The van der Waals surface area contributed by atoms with E-state index in [0.717, 1.165) is 6.42 Å². The Balaban J connectivity index is 1.78. The Morgan fingerprint density at radius 3 is 2.37 bits per heavy atom. The molecule has 0 heterocycles. The summed E-state index contributed by atoms with van der Waals surface area (Å²) in [6, 6.07) is 14.4. The highest BCUT2D eigenvalue weighted by atomic mass is 32.1. The summed E-state index contributed by atoms with van der Waals surface area (Å²) in [6.07, 6.45) is 0.933. The van der Waals surface area contributed by atoms with Gasteiger partial charge in [0, 0.05) is 0 Å². The summed E-state index contributed by atoms with van der Waals surface area (Å²) < 4.78 is 11.1. The lowest BCUT2D eigenvalue weighted by Gasteiger charge is -2.14. The zero-order valence-electron chi connectivity index (χ0n) is 17.4. The Bertz CT molecular complexity index is 869. The van der Waals surface area contributed by atoms with Crippen LogP contribution in [0.4, 0.5) is 0 Å². The van der Waals surface area contributed by atoms with Gasteiger partial charge in [-0.1, -0.05) is 45.0 Å². The van der Waals surface area contributed by atoms with Gasteiger partial charge in [0.15, 0.2) is 11.7 Å². The molecule has 0 fully saturated rings. The number of hydrogen-bond donors (Lipinski definition) is 3. The Kier molecular flexibility index (Phi) is 9.08. The quantitative estimate of drug-likeness (QED) is 0.442. The zero-order chi connectivity index (χ0) is 21.9. The molecular formula is C22H27N3O4S. The molecule has 0 aliphatic rings. The average Bonchev–Trinajstić information content (AvgIpc) is 2.75. The molecular weight excluding hydrogens is 402 g/mol. The second-order valence-electron chi connectivity index (χ2n) is 6.94. The predicted octanol–water partition coefficient (Wildman–Crippen LogP) is 3.00. The van der Waals surface area contributed by atoms with Crippen LogP contribution in [0.1, 0.15) is 36.7 Å². The average molecular weight is 430 g/mol. The van der Waals surface area contributed by atoms with Gasteiger partial charge in [-0.15, -0.1) is 0 Å². The molecule has 8 heteroatoms. The van der Waals surface area contributed by atoms with Crippen LogP contribution < -0.4 is 25.6 Å². The topological polar surface area (TPSA) is 88.7 Å². The van der Waals surface area contributed by atoms with E-state index >= 15 is 0 Å². The van der Waals surface area contributed by atoms with Crippen molar-refractivity contribution < 1.29 is 19.1 Å². The van der Waals surface area contributed by atoms with Crippen LogP contribution in [-0.2, 0) is 11.2 Å². The highest BCUT2D eigenvalue weighted by molar-refractivity contribution is 7.80. The number of hydrogen-bond acceptors (Lipinski definition) is 5. The van der Waals surface area contributed by atoms with Crippen LogP contribution >= 0.6 is 12.2 Å². The van der Waals surface area contributed by atoms with Crippen molar-refractivity contribution in [1.29, 1.82) is 0 Å². The smallest absolute Gasteiger partial charge is 0.276 e. The molecule has 0 saturated carbocycles. The fourth-order valence-electron chi connectivity index (χ4n) is 2.37. The molecule has 160 valence electrons. The second kappa shape index (κ2) is 11.8. The molecule has 2 aromatic rings. The van der Waals surface area contributed by atoms with Gasteiger partial charge in [-0.25, -0.2) is 0 Å². The first kappa shape index (κ1) is 23.2. The Morgan fingerprint density at radius 2 is 1.70 bits per heavy atom. The molecule has 30 heavy (non-hydrogen) atoms. The molecule has 2 rings (SSSR count). The molecule has 0 aromatic heterocycles. The molecule has 3 N–H and O–H groups in total. The number of thiocarbonyl (C=S) groups is 1. The number of carbonyl (C=O) groups is 2. The summed E-state index contributed by atoms with van der Waals surface area (Å²) >= 11 is 5.06. The SMILES string of the molecule is CCc1ccc(OCC(=O)NNC(=S)NC(=O)c2ccccc2OCC(C)C)cc1. The van der Waals surface area contributed by atoms with Crippen LogP contribution in [0.25, 0.3) is 0 Å². The maximum absolute atomic E-state index is 12.5. The highest BCUT2D eigenvalue weighted by Crippen LogP contribution is 2.18. The molecule has 0 atom stereocenters. The van der Waals surface area contributed by atoms with Gasteiger partial charge < -0.3 is 9.47 Å². The van der Waals surface area contributed by atoms with Gasteiger partial charge in [-0.2, -0.15) is 0 Å². The number of amides is 2. The molecule has 0 spiro atoms. The third-order valence-corrected chi connectivity index (χ3v) is 4.15. The molecule has 0 unspecified atom stereocenters. The monoisotopic (exact) mass is 429 g/mol. The van der Waals surface area contributed by atoms with E-state index in [-0.39, 0.29) is 11.7 Å². The van der Waals surface area contributed by atoms with E-state index in [0.29, 0.717) is 29.6 Å². The molecule has 0 saturated heterocycles. The van der Waals surface area contributed by atoms with Gasteiger partial charge in [0.2, 0.25) is 0 Å². The minimum Gasteiger partial charge on any atom is -0.492 e. The molecule has 7 nitrogen and oxygen atoms in total. The van der Waals surface area contributed by atoms with E-state index in [1.807, 2.05) is 38.1 Å². The fraction of sp³-hybridized carbons (Fsp3) is 0.318. The maximum atomic E-state index is 12.5. The number of hydrazine groups is 1. The predicted molar refractivity (Wildman–Crippen MR) is 119 cm³/mol. The third-order valence-electron chi connectivity index (χ3n) is 3.95. The minimum absolute atomic E-state index is 0.0423. The van der Waals surface area contributed by atoms with Crippen molar-refractivity contribution >= 4 is 29.1 Å². The van der Waals surface area contributed by atoms with E-state index in [1.54, 1.807) is 24.3 Å². The first-order chi connectivity index (χ1) is 14.4. The number of aryl methyl sites for hydroxylation is 1. The van der Waals surface area contributed by atoms with Crippen LogP contribution in [0.15, 0.2) is 48.5 Å². The zero-order valence-corrected chi connectivity index (χ0v) is 18.2. The van der Waals surface area contributed by atoms with Crippen molar-refractivity contribution in [2.24, 2.45) is 5.92 Å². The fourth-order valence-corrected chi connectivity index (χ4v) is 2.51. The number of ether oxygens (including phenoxy) is 2. The molecule has 2 amide bonds. The Morgan fingerprint density at radius 1 is 1.00 bits per heavy atom. The van der Waals surface area contributed by atoms with E-state index in [9.17, 15) is 9.59 Å². The standard InChI is InChI=1S/C22H27N3O4S/c1-4-16-9-11-17(12-10-16)28-14-20(26)24-25-22(30)23-21(27)18-7-5-6-8-19(18)29-13-15(2)3/h5-12,15H,4,13-14H2,1-3H3,(H,24,26)(H2,23,25,27,30). The normalized spacial score (nSPS) is 10.3. The Hall–Kier alpha value is -3.13. The van der Waals surface area contributed by atoms with Crippen molar-refractivity contribution in [3.8, 4) is 11.5 Å². The van der Waals surface area contributed by atoms with E-state index in [4.69, 9.17) is 21.7 Å². The van der Waals surface area contributed by atoms with Gasteiger partial charge in [-0.05, 0) is 54.4 Å². The number of carbonyl (C=O) groups excluding carboxylic acids is 2. The number of para-hydroxylation sites is 1. The van der Waals surface area contributed by atoms with Gasteiger partial charge in [-0.3, -0.25) is 25.8 Å². The summed E-state index contributed by atoms with van der Waals surface area (Å²) in [4.78, 5) is 24.4. The van der Waals surface area contributed by atoms with Crippen molar-refractivity contribution in [2.45, 2.75) is 27.2 Å². The van der Waals surface area contributed by atoms with E-state index < -0.39 is 11.8 Å².